The number of nitrogens with zero attached hydrogens (tertiary/aromatic N) is 1. The summed E-state index contributed by atoms with van der Waals surface area (Å²) in [5, 5.41) is 2.83. The van der Waals surface area contributed by atoms with Crippen LogP contribution in [0.1, 0.15) is 41.0 Å². The molecule has 1 saturated carbocycles. The lowest BCUT2D eigenvalue weighted by Gasteiger charge is -2.39. The quantitative estimate of drug-likeness (QED) is 0.784. The Morgan fingerprint density at radius 2 is 1.88 bits per heavy atom. The maximum atomic E-state index is 12.4. The van der Waals surface area contributed by atoms with Gasteiger partial charge in [0.05, 0.1) is 0 Å². The Balaban J connectivity index is 2.23. The van der Waals surface area contributed by atoms with Crippen LogP contribution in [0.3, 0.4) is 0 Å². The van der Waals surface area contributed by atoms with E-state index in [1.807, 2.05) is 25.7 Å². The molecule has 0 radical (unpaired) electrons. The Morgan fingerprint density at radius 1 is 1.35 bits per heavy atom. The van der Waals surface area contributed by atoms with E-state index in [2.05, 4.69) is 19.2 Å². The first-order valence-electron chi connectivity index (χ1n) is 6.38. The van der Waals surface area contributed by atoms with Crippen LogP contribution in [0.5, 0.6) is 0 Å². The van der Waals surface area contributed by atoms with E-state index in [-0.39, 0.29) is 41.3 Å². The van der Waals surface area contributed by atoms with Gasteiger partial charge in [0.25, 0.3) is 0 Å². The van der Waals surface area contributed by atoms with Gasteiger partial charge >= 0.3 is 0 Å². The maximum Gasteiger partial charge on any atom is 0.246 e. The molecule has 0 bridgehead atoms. The molecule has 0 aromatic carbocycles. The fraction of sp³-hybridized carbons (Fsp3) is 0.846. The van der Waals surface area contributed by atoms with E-state index in [1.165, 1.54) is 0 Å². The van der Waals surface area contributed by atoms with E-state index >= 15 is 0 Å². The van der Waals surface area contributed by atoms with Gasteiger partial charge in [-0.25, -0.2) is 0 Å². The largest absolute Gasteiger partial charge is 0.342 e. The first-order valence-corrected chi connectivity index (χ1v) is 6.38. The van der Waals surface area contributed by atoms with E-state index in [0.717, 1.165) is 6.42 Å². The van der Waals surface area contributed by atoms with Crippen LogP contribution in [0.2, 0.25) is 0 Å². The molecule has 2 fully saturated rings. The van der Waals surface area contributed by atoms with Gasteiger partial charge in [-0.3, -0.25) is 9.59 Å². The van der Waals surface area contributed by atoms with Gasteiger partial charge in [0, 0.05) is 6.04 Å². The van der Waals surface area contributed by atoms with Crippen LogP contribution in [-0.2, 0) is 9.59 Å². The summed E-state index contributed by atoms with van der Waals surface area (Å²) >= 11 is 0. The minimum atomic E-state index is -0.352. The van der Waals surface area contributed by atoms with Crippen LogP contribution in [-0.4, -0.2) is 34.8 Å². The lowest BCUT2D eigenvalue weighted by atomic mass is 9.97. The zero-order valence-electron chi connectivity index (χ0n) is 11.3. The number of hydrogen-bond acceptors (Lipinski definition) is 2. The minimum Gasteiger partial charge on any atom is -0.342 e. The van der Waals surface area contributed by atoms with Gasteiger partial charge in [-0.15, -0.1) is 0 Å². The number of piperazine rings is 1. The number of nitrogens with one attached hydrogen (secondary N) is 1. The second-order valence-electron chi connectivity index (χ2n) is 6.36. The summed E-state index contributed by atoms with van der Waals surface area (Å²) in [7, 11) is 0. The van der Waals surface area contributed by atoms with Gasteiger partial charge in [-0.2, -0.15) is 0 Å². The van der Waals surface area contributed by atoms with Crippen molar-refractivity contribution in [2.24, 2.45) is 11.3 Å². The molecule has 0 aromatic rings. The third kappa shape index (κ3) is 1.94. The molecule has 2 aliphatic rings. The van der Waals surface area contributed by atoms with Crippen molar-refractivity contribution in [2.45, 2.75) is 59.2 Å². The van der Waals surface area contributed by atoms with Crippen LogP contribution in [0.25, 0.3) is 0 Å². The molecule has 4 heteroatoms. The SMILES string of the molecule is CC(C)C1NC(=O)C(C)N(C2CC2(C)C)C1=O. The fourth-order valence-corrected chi connectivity index (χ4v) is 2.60. The van der Waals surface area contributed by atoms with Gasteiger partial charge in [0.15, 0.2) is 0 Å². The molecule has 1 N–H and O–H groups in total. The van der Waals surface area contributed by atoms with Crippen molar-refractivity contribution in [3.8, 4) is 0 Å². The van der Waals surface area contributed by atoms with E-state index in [0.29, 0.717) is 0 Å². The second-order valence-corrected chi connectivity index (χ2v) is 6.36. The highest BCUT2D eigenvalue weighted by molar-refractivity contribution is 5.97. The normalized spacial score (nSPS) is 36.1. The van der Waals surface area contributed by atoms with Crippen LogP contribution in [0, 0.1) is 11.3 Å². The first-order chi connectivity index (χ1) is 7.75. The fourth-order valence-electron chi connectivity index (χ4n) is 2.60. The van der Waals surface area contributed by atoms with Crippen molar-refractivity contribution in [1.82, 2.24) is 10.2 Å². The van der Waals surface area contributed by atoms with Crippen molar-refractivity contribution < 1.29 is 9.59 Å². The third-order valence-electron chi connectivity index (χ3n) is 4.08. The van der Waals surface area contributed by atoms with Crippen LogP contribution < -0.4 is 5.32 Å². The number of rotatable bonds is 2. The Labute approximate surface area is 103 Å². The molecule has 2 rings (SSSR count). The molecule has 1 aliphatic carbocycles. The van der Waals surface area contributed by atoms with Crippen LogP contribution >= 0.6 is 0 Å². The molecule has 3 atom stereocenters. The van der Waals surface area contributed by atoms with Crippen molar-refractivity contribution in [2.75, 3.05) is 0 Å². The standard InChI is InChI=1S/C13H22N2O2/c1-7(2)10-12(17)15(8(3)11(16)14-10)9-6-13(9,4)5/h7-10H,6H2,1-5H3,(H,14,16). The highest BCUT2D eigenvalue weighted by Crippen LogP contribution is 2.49. The Hall–Kier alpha value is -1.06. The summed E-state index contributed by atoms with van der Waals surface area (Å²) in [5.41, 5.74) is 0.170. The summed E-state index contributed by atoms with van der Waals surface area (Å²) in [6, 6.07) is -0.448. The van der Waals surface area contributed by atoms with E-state index < -0.39 is 0 Å². The molecule has 1 heterocycles. The Morgan fingerprint density at radius 3 is 2.29 bits per heavy atom. The zero-order chi connectivity index (χ0) is 13.0. The number of amides is 2. The number of hydrogen-bond donors (Lipinski definition) is 1. The molecule has 3 unspecified atom stereocenters. The monoisotopic (exact) mass is 238 g/mol. The molecule has 1 saturated heterocycles. The van der Waals surface area contributed by atoms with Crippen molar-refractivity contribution in [3.05, 3.63) is 0 Å². The first kappa shape index (κ1) is 12.4. The van der Waals surface area contributed by atoms with E-state index in [1.54, 1.807) is 0 Å². The predicted molar refractivity (Wildman–Crippen MR) is 65.3 cm³/mol. The average molecular weight is 238 g/mol. The summed E-state index contributed by atoms with van der Waals surface area (Å²) in [4.78, 5) is 26.1. The second kappa shape index (κ2) is 3.72. The van der Waals surface area contributed by atoms with Crippen molar-refractivity contribution in [3.63, 3.8) is 0 Å². The number of carbonyl (C=O) groups is 2. The Bertz CT molecular complexity index is 362. The maximum absolute atomic E-state index is 12.4. The van der Waals surface area contributed by atoms with E-state index in [9.17, 15) is 9.59 Å². The van der Waals surface area contributed by atoms with Crippen molar-refractivity contribution in [1.29, 1.82) is 0 Å². The highest BCUT2D eigenvalue weighted by Gasteiger charge is 2.55. The smallest absolute Gasteiger partial charge is 0.246 e. The average Bonchev–Trinajstić information content (AvgIpc) is 2.81. The molecule has 0 spiro atoms. The molecule has 0 aromatic heterocycles. The molecular formula is C13H22N2O2. The number of carbonyl (C=O) groups excluding carboxylic acids is 2. The lowest BCUT2D eigenvalue weighted by molar-refractivity contribution is -0.151. The van der Waals surface area contributed by atoms with Gasteiger partial charge < -0.3 is 10.2 Å². The minimum absolute atomic E-state index is 0.0222. The molecule has 96 valence electrons. The molecule has 17 heavy (non-hydrogen) atoms. The molecule has 1 aliphatic heterocycles. The van der Waals surface area contributed by atoms with Gasteiger partial charge in [-0.05, 0) is 24.7 Å². The van der Waals surface area contributed by atoms with Crippen LogP contribution in [0.15, 0.2) is 0 Å². The van der Waals surface area contributed by atoms with Gasteiger partial charge in [0.2, 0.25) is 11.8 Å². The van der Waals surface area contributed by atoms with Crippen molar-refractivity contribution >= 4 is 11.8 Å². The predicted octanol–water partition coefficient (Wildman–Crippen LogP) is 1.16. The summed E-state index contributed by atoms with van der Waals surface area (Å²) < 4.78 is 0. The van der Waals surface area contributed by atoms with Gasteiger partial charge in [-0.1, -0.05) is 27.7 Å². The zero-order valence-corrected chi connectivity index (χ0v) is 11.3. The topological polar surface area (TPSA) is 49.4 Å². The van der Waals surface area contributed by atoms with E-state index in [4.69, 9.17) is 0 Å². The Kier molecular flexibility index (Phi) is 2.71. The molecule has 2 amide bonds. The summed E-state index contributed by atoms with van der Waals surface area (Å²) in [5.74, 6) is 0.206. The highest BCUT2D eigenvalue weighted by atomic mass is 16.2. The third-order valence-corrected chi connectivity index (χ3v) is 4.08. The van der Waals surface area contributed by atoms with Gasteiger partial charge in [0.1, 0.15) is 12.1 Å². The molecule has 4 nitrogen and oxygen atoms in total. The summed E-state index contributed by atoms with van der Waals surface area (Å²) in [6.45, 7) is 10.0. The lowest BCUT2D eigenvalue weighted by Crippen LogP contribution is -2.64. The summed E-state index contributed by atoms with van der Waals surface area (Å²) in [6.07, 6.45) is 1.00. The molecular weight excluding hydrogens is 216 g/mol. The van der Waals surface area contributed by atoms with Crippen LogP contribution in [0.4, 0.5) is 0 Å².